The minimum absolute atomic E-state index is 0.0258. The number of nitrogens with one attached hydrogen (secondary N) is 1. The van der Waals surface area contributed by atoms with Gasteiger partial charge in [0, 0.05) is 4.88 Å². The first-order valence-electron chi connectivity index (χ1n) is 10.3. The number of carbonyl (C=O) groups is 2. The Balaban J connectivity index is 2.09. The second kappa shape index (κ2) is 11.0. The van der Waals surface area contributed by atoms with Gasteiger partial charge in [-0.2, -0.15) is 13.2 Å². The van der Waals surface area contributed by atoms with Gasteiger partial charge in [0.1, 0.15) is 4.21 Å². The van der Waals surface area contributed by atoms with Crippen molar-refractivity contribution in [2.75, 3.05) is 27.7 Å². The predicted octanol–water partition coefficient (Wildman–Crippen LogP) is 3.22. The van der Waals surface area contributed by atoms with E-state index < -0.39 is 40.6 Å². The second-order valence-electron chi connectivity index (χ2n) is 8.96. The molecule has 0 saturated carbocycles. The lowest BCUT2D eigenvalue weighted by molar-refractivity contribution is -0.871. The first-order chi connectivity index (χ1) is 15.5. The maximum absolute atomic E-state index is 12.9. The molecule has 0 bridgehead atoms. The molecule has 0 saturated heterocycles. The maximum atomic E-state index is 12.9. The van der Waals surface area contributed by atoms with Crippen LogP contribution in [0.4, 0.5) is 13.2 Å². The molecule has 0 fully saturated rings. The summed E-state index contributed by atoms with van der Waals surface area (Å²) in [5, 5.41) is 0. The molecule has 34 heavy (non-hydrogen) atoms. The summed E-state index contributed by atoms with van der Waals surface area (Å²) < 4.78 is 69.4. The third kappa shape index (κ3) is 9.16. The number of hydrogen-bond donors (Lipinski definition) is 1. The van der Waals surface area contributed by atoms with Crippen LogP contribution in [0.25, 0.3) is 0 Å². The summed E-state index contributed by atoms with van der Waals surface area (Å²) in [7, 11) is 1.11. The van der Waals surface area contributed by atoms with Crippen LogP contribution >= 0.6 is 11.3 Å². The molecule has 0 radical (unpaired) electrons. The zero-order valence-electron chi connectivity index (χ0n) is 19.3. The lowest BCUT2D eigenvalue weighted by atomic mass is 10.1. The van der Waals surface area contributed by atoms with E-state index in [1.807, 2.05) is 25.1 Å². The monoisotopic (exact) mass is 521 g/mol. The van der Waals surface area contributed by atoms with E-state index in [9.17, 15) is 31.2 Å². The van der Waals surface area contributed by atoms with Gasteiger partial charge in [0.25, 0.3) is 10.0 Å². The first kappa shape index (κ1) is 28.0. The molecule has 0 aliphatic heterocycles. The molecule has 7 nitrogen and oxygen atoms in total. The first-order valence-corrected chi connectivity index (χ1v) is 12.6. The summed E-state index contributed by atoms with van der Waals surface area (Å²) in [6.45, 7) is 2.06. The number of rotatable bonds is 10. The normalized spacial score (nSPS) is 13.5. The Morgan fingerprint density at radius 1 is 1.12 bits per heavy atom. The van der Waals surface area contributed by atoms with Crippen molar-refractivity contribution >= 4 is 33.3 Å². The number of likely N-dealkylation sites (N-methyl/N-ethyl adjacent to an activating group) is 1. The molecule has 0 aliphatic carbocycles. The zero-order valence-corrected chi connectivity index (χ0v) is 20.9. The number of quaternary nitrogens is 1. The van der Waals surface area contributed by atoms with Gasteiger partial charge in [-0.1, -0.05) is 29.8 Å². The quantitative estimate of drug-likeness (QED) is 0.295. The second-order valence-corrected chi connectivity index (χ2v) is 12.1. The van der Waals surface area contributed by atoms with E-state index in [1.165, 1.54) is 6.07 Å². The number of benzene rings is 1. The molecule has 0 spiro atoms. The molecule has 0 unspecified atom stereocenters. The standard InChI is InChI=1S/C22H28F3N2O5S2/c1-15-6-5-7-16(12-15)8-9-18-10-11-20(33-18)34(30,31)26-17(14-27(2,3)4)13-19(28)32-21(29)22(23,24)25/h5-7,10-12,17,26H,8-9,13-14H2,1-4H3/q+1/t17-/m1/s1. The van der Waals surface area contributed by atoms with Crippen molar-refractivity contribution in [3.63, 3.8) is 0 Å². The van der Waals surface area contributed by atoms with Gasteiger partial charge < -0.3 is 9.22 Å². The Morgan fingerprint density at radius 2 is 1.79 bits per heavy atom. The number of aryl methyl sites for hydroxylation is 3. The van der Waals surface area contributed by atoms with Crippen LogP contribution in [0.15, 0.2) is 40.6 Å². The summed E-state index contributed by atoms with van der Waals surface area (Å²) >= 11 is 1.08. The highest BCUT2D eigenvalue weighted by atomic mass is 32.2. The van der Waals surface area contributed by atoms with Crippen molar-refractivity contribution in [2.45, 2.75) is 42.6 Å². The molecule has 2 rings (SSSR count). The lowest BCUT2D eigenvalue weighted by Gasteiger charge is -2.29. The average Bonchev–Trinajstić information content (AvgIpc) is 3.14. The largest absolute Gasteiger partial charge is 0.491 e. The van der Waals surface area contributed by atoms with E-state index in [-0.39, 0.29) is 15.2 Å². The maximum Gasteiger partial charge on any atom is 0.491 e. The Bertz CT molecular complexity index is 1120. The topological polar surface area (TPSA) is 89.5 Å². The van der Waals surface area contributed by atoms with Crippen molar-refractivity contribution in [1.82, 2.24) is 4.72 Å². The zero-order chi connectivity index (χ0) is 25.7. The number of ether oxygens (including phenoxy) is 1. The lowest BCUT2D eigenvalue weighted by Crippen LogP contribution is -2.49. The number of nitrogens with zero attached hydrogens (tertiary/aromatic N) is 1. The molecule has 2 aromatic rings. The molecule has 1 N–H and O–H groups in total. The highest BCUT2D eigenvalue weighted by Crippen LogP contribution is 2.24. The van der Waals surface area contributed by atoms with Gasteiger partial charge in [-0.3, -0.25) is 4.79 Å². The van der Waals surface area contributed by atoms with Crippen LogP contribution in [-0.4, -0.2) is 64.7 Å². The minimum Gasteiger partial charge on any atom is -0.386 e. The van der Waals surface area contributed by atoms with Gasteiger partial charge in [-0.25, -0.2) is 17.9 Å². The van der Waals surface area contributed by atoms with Gasteiger partial charge in [-0.05, 0) is 37.5 Å². The number of carbonyl (C=O) groups excluding carboxylic acids is 2. The van der Waals surface area contributed by atoms with E-state index in [4.69, 9.17) is 0 Å². The number of halogens is 3. The van der Waals surface area contributed by atoms with Crippen molar-refractivity contribution in [1.29, 1.82) is 0 Å². The molecule has 188 valence electrons. The van der Waals surface area contributed by atoms with Crippen LogP contribution in [0.5, 0.6) is 0 Å². The van der Waals surface area contributed by atoms with Crippen LogP contribution in [0.3, 0.4) is 0 Å². The highest BCUT2D eigenvalue weighted by molar-refractivity contribution is 7.91. The average molecular weight is 522 g/mol. The molecule has 1 aromatic carbocycles. The SMILES string of the molecule is Cc1cccc(CCc2ccc(S(=O)(=O)N[C@H](CC(=O)OC(=O)C(F)(F)F)C[N+](C)(C)C)s2)c1. The number of esters is 2. The molecule has 1 heterocycles. The Hall–Kier alpha value is -2.28. The van der Waals surface area contributed by atoms with Crippen molar-refractivity contribution in [2.24, 2.45) is 0 Å². The molecule has 0 amide bonds. The predicted molar refractivity (Wildman–Crippen MR) is 122 cm³/mol. The highest BCUT2D eigenvalue weighted by Gasteiger charge is 2.43. The fraction of sp³-hybridized carbons (Fsp3) is 0.455. The number of hydrogen-bond acceptors (Lipinski definition) is 6. The molecule has 0 aliphatic rings. The summed E-state index contributed by atoms with van der Waals surface area (Å²) in [6, 6.07) is 10.1. The van der Waals surface area contributed by atoms with Crippen LogP contribution < -0.4 is 4.72 Å². The third-order valence-corrected chi connectivity index (χ3v) is 7.74. The molecule has 1 atom stereocenters. The Morgan fingerprint density at radius 3 is 2.38 bits per heavy atom. The van der Waals surface area contributed by atoms with E-state index >= 15 is 0 Å². The van der Waals surface area contributed by atoms with Gasteiger partial charge in [0.2, 0.25) is 0 Å². The van der Waals surface area contributed by atoms with Crippen molar-refractivity contribution < 1.29 is 40.4 Å². The van der Waals surface area contributed by atoms with Crippen LogP contribution in [0.1, 0.15) is 22.4 Å². The number of alkyl halides is 3. The molecular formula is C22H28F3N2O5S2+. The van der Waals surface area contributed by atoms with E-state index in [0.717, 1.165) is 33.8 Å². The number of thiophene rings is 1. The molecule has 1 aromatic heterocycles. The number of sulfonamides is 1. The summed E-state index contributed by atoms with van der Waals surface area (Å²) in [6.07, 6.45) is -4.69. The summed E-state index contributed by atoms with van der Waals surface area (Å²) in [5.74, 6) is -4.10. The van der Waals surface area contributed by atoms with Crippen LogP contribution in [0, 0.1) is 6.92 Å². The van der Waals surface area contributed by atoms with E-state index in [1.54, 1.807) is 27.2 Å². The van der Waals surface area contributed by atoms with E-state index in [2.05, 4.69) is 15.5 Å². The Labute approximate surface area is 201 Å². The molecular weight excluding hydrogens is 493 g/mol. The van der Waals surface area contributed by atoms with Crippen LogP contribution in [0.2, 0.25) is 0 Å². The van der Waals surface area contributed by atoms with Gasteiger partial charge in [0.05, 0.1) is 40.2 Å². The van der Waals surface area contributed by atoms with Gasteiger partial charge in [0.15, 0.2) is 0 Å². The minimum atomic E-state index is -5.32. The van der Waals surface area contributed by atoms with Crippen LogP contribution in [-0.2, 0) is 37.2 Å². The van der Waals surface area contributed by atoms with E-state index in [0.29, 0.717) is 6.42 Å². The third-order valence-electron chi connectivity index (χ3n) is 4.59. The summed E-state index contributed by atoms with van der Waals surface area (Å²) in [5.41, 5.74) is 2.26. The van der Waals surface area contributed by atoms with Gasteiger partial charge in [-0.15, -0.1) is 11.3 Å². The fourth-order valence-corrected chi connectivity index (χ4v) is 5.86. The Kier molecular flexibility index (Phi) is 9.03. The fourth-order valence-electron chi connectivity index (χ4n) is 3.26. The van der Waals surface area contributed by atoms with Crippen molar-refractivity contribution in [3.8, 4) is 0 Å². The van der Waals surface area contributed by atoms with Gasteiger partial charge >= 0.3 is 18.1 Å². The molecule has 12 heteroatoms. The smallest absolute Gasteiger partial charge is 0.386 e. The summed E-state index contributed by atoms with van der Waals surface area (Å²) in [4.78, 5) is 23.7. The van der Waals surface area contributed by atoms with Crippen molar-refractivity contribution in [3.05, 3.63) is 52.4 Å².